The van der Waals surface area contributed by atoms with Gasteiger partial charge in [-0.25, -0.2) is 0 Å². The molecule has 0 spiro atoms. The Hall–Kier alpha value is -3.63. The van der Waals surface area contributed by atoms with Crippen LogP contribution in [0.15, 0.2) is 24.3 Å². The molecule has 13 heteroatoms. The molecular formula is C24H32F3N7O3. The molecule has 37 heavy (non-hydrogen) atoms. The number of morpholine rings is 1. The molecule has 2 heterocycles. The van der Waals surface area contributed by atoms with Gasteiger partial charge in [-0.1, -0.05) is 13.5 Å². The van der Waals surface area contributed by atoms with Crippen molar-refractivity contribution >= 4 is 23.4 Å². The standard InChI is InChI=1S/C23H28F3N7O3.CH4/c1-2-36-21-17(14-27)19(31-22(28)32-21)30-18(7-4-8-33-9-11-35-12-10-33)20(34)29-16-6-3-5-15(13-16)23(24,25)26;/h3,5-6,13,18H,2,4,7-12H2,1H3,(H,29,34)(H3,28,30,31,32);1H4/t18-;/m0./s1. The number of anilines is 3. The van der Waals surface area contributed by atoms with Crippen molar-refractivity contribution in [2.24, 2.45) is 0 Å². The largest absolute Gasteiger partial charge is 0.477 e. The fourth-order valence-corrected chi connectivity index (χ4v) is 3.68. The normalized spacial score (nSPS) is 14.7. The number of nitrogen functional groups attached to an aromatic ring is 1. The van der Waals surface area contributed by atoms with Crippen LogP contribution in [0.3, 0.4) is 0 Å². The molecule has 1 amide bonds. The number of nitrogens with zero attached hydrogens (tertiary/aromatic N) is 4. The number of nitriles is 1. The number of hydrogen-bond acceptors (Lipinski definition) is 9. The van der Waals surface area contributed by atoms with E-state index in [0.717, 1.165) is 25.2 Å². The summed E-state index contributed by atoms with van der Waals surface area (Å²) >= 11 is 0. The van der Waals surface area contributed by atoms with Crippen molar-refractivity contribution in [3.8, 4) is 11.9 Å². The molecule has 0 bridgehead atoms. The fraction of sp³-hybridized carbons (Fsp3) is 0.500. The van der Waals surface area contributed by atoms with E-state index in [0.29, 0.717) is 32.6 Å². The highest BCUT2D eigenvalue weighted by Crippen LogP contribution is 2.31. The van der Waals surface area contributed by atoms with Crippen LogP contribution in [0, 0.1) is 11.3 Å². The van der Waals surface area contributed by atoms with Crippen molar-refractivity contribution in [1.29, 1.82) is 5.26 Å². The predicted molar refractivity (Wildman–Crippen MR) is 133 cm³/mol. The van der Waals surface area contributed by atoms with Gasteiger partial charge < -0.3 is 25.8 Å². The molecule has 1 aliphatic rings. The summed E-state index contributed by atoms with van der Waals surface area (Å²) in [7, 11) is 0. The number of aromatic nitrogens is 2. The minimum atomic E-state index is -4.55. The number of carbonyl (C=O) groups is 1. The number of amides is 1. The zero-order valence-corrected chi connectivity index (χ0v) is 19.8. The Labute approximate surface area is 214 Å². The highest BCUT2D eigenvalue weighted by molar-refractivity contribution is 5.96. The quantitative estimate of drug-likeness (QED) is 0.427. The van der Waals surface area contributed by atoms with Gasteiger partial charge in [-0.05, 0) is 44.5 Å². The number of carbonyl (C=O) groups excluding carboxylic acids is 1. The van der Waals surface area contributed by atoms with Crippen LogP contribution in [0.4, 0.5) is 30.6 Å². The van der Waals surface area contributed by atoms with E-state index in [9.17, 15) is 23.2 Å². The van der Waals surface area contributed by atoms with Crippen molar-refractivity contribution in [2.75, 3.05) is 55.8 Å². The van der Waals surface area contributed by atoms with Crippen LogP contribution in [0.5, 0.6) is 5.88 Å². The third kappa shape index (κ3) is 8.47. The second-order valence-electron chi connectivity index (χ2n) is 8.02. The van der Waals surface area contributed by atoms with Crippen LogP contribution in [0.2, 0.25) is 0 Å². The van der Waals surface area contributed by atoms with Gasteiger partial charge in [0, 0.05) is 18.8 Å². The lowest BCUT2D eigenvalue weighted by atomic mass is 10.1. The van der Waals surface area contributed by atoms with Gasteiger partial charge in [0.15, 0.2) is 11.4 Å². The van der Waals surface area contributed by atoms with Crippen LogP contribution >= 0.6 is 0 Å². The Bertz CT molecular complexity index is 1090. The molecule has 0 saturated carbocycles. The molecule has 1 aliphatic heterocycles. The summed E-state index contributed by atoms with van der Waals surface area (Å²) in [5, 5.41) is 15.1. The van der Waals surface area contributed by atoms with Crippen molar-refractivity contribution in [3.63, 3.8) is 0 Å². The molecule has 10 nitrogen and oxygen atoms in total. The molecule has 1 aromatic carbocycles. The number of alkyl halides is 3. The number of nitrogens with one attached hydrogen (secondary N) is 2. The first-order chi connectivity index (χ1) is 17.2. The lowest BCUT2D eigenvalue weighted by Crippen LogP contribution is -2.39. The number of benzene rings is 1. The average molecular weight is 524 g/mol. The maximum Gasteiger partial charge on any atom is 0.416 e. The van der Waals surface area contributed by atoms with Gasteiger partial charge in [-0.15, -0.1) is 0 Å². The maximum atomic E-state index is 13.2. The summed E-state index contributed by atoms with van der Waals surface area (Å²) in [4.78, 5) is 23.4. The highest BCUT2D eigenvalue weighted by atomic mass is 19.4. The molecule has 3 rings (SSSR count). The summed E-state index contributed by atoms with van der Waals surface area (Å²) in [6, 6.07) is 5.39. The summed E-state index contributed by atoms with van der Waals surface area (Å²) in [6.45, 7) is 5.43. The second-order valence-corrected chi connectivity index (χ2v) is 8.02. The summed E-state index contributed by atoms with van der Waals surface area (Å²) in [5.74, 6) is -0.773. The van der Waals surface area contributed by atoms with Gasteiger partial charge >= 0.3 is 6.18 Å². The Morgan fingerprint density at radius 1 is 1.32 bits per heavy atom. The molecule has 202 valence electrons. The third-order valence-corrected chi connectivity index (χ3v) is 5.44. The molecule has 1 atom stereocenters. The molecule has 1 fully saturated rings. The zero-order valence-electron chi connectivity index (χ0n) is 19.8. The molecule has 0 aliphatic carbocycles. The van der Waals surface area contributed by atoms with Crippen molar-refractivity contribution in [3.05, 3.63) is 35.4 Å². The van der Waals surface area contributed by atoms with Crippen molar-refractivity contribution in [1.82, 2.24) is 14.9 Å². The number of hydrogen-bond donors (Lipinski definition) is 3. The molecular weight excluding hydrogens is 491 g/mol. The van der Waals surface area contributed by atoms with Crippen LogP contribution in [-0.4, -0.2) is 66.3 Å². The lowest BCUT2D eigenvalue weighted by molar-refractivity contribution is -0.137. The van der Waals surface area contributed by atoms with Gasteiger partial charge in [-0.3, -0.25) is 9.69 Å². The van der Waals surface area contributed by atoms with Gasteiger partial charge in [-0.2, -0.15) is 28.4 Å². The van der Waals surface area contributed by atoms with E-state index < -0.39 is 23.7 Å². The first-order valence-corrected chi connectivity index (χ1v) is 11.5. The zero-order chi connectivity index (χ0) is 26.1. The number of rotatable bonds is 10. The first kappa shape index (κ1) is 29.6. The van der Waals surface area contributed by atoms with Gasteiger partial charge in [0.2, 0.25) is 17.7 Å². The Kier molecular flexibility index (Phi) is 10.9. The van der Waals surface area contributed by atoms with E-state index in [1.807, 2.05) is 6.07 Å². The van der Waals surface area contributed by atoms with E-state index in [2.05, 4.69) is 25.5 Å². The number of halogens is 3. The van der Waals surface area contributed by atoms with E-state index in [1.165, 1.54) is 12.1 Å². The second kappa shape index (κ2) is 13.6. The molecule has 2 aromatic rings. The summed E-state index contributed by atoms with van der Waals surface area (Å²) in [5.41, 5.74) is 4.85. The van der Waals surface area contributed by atoms with E-state index in [4.69, 9.17) is 15.2 Å². The molecule has 1 aromatic heterocycles. The number of ether oxygens (including phenoxy) is 2. The van der Waals surface area contributed by atoms with Gasteiger partial charge in [0.1, 0.15) is 12.1 Å². The van der Waals surface area contributed by atoms with Crippen LogP contribution < -0.4 is 21.1 Å². The Morgan fingerprint density at radius 2 is 2.05 bits per heavy atom. The Morgan fingerprint density at radius 3 is 2.70 bits per heavy atom. The fourth-order valence-electron chi connectivity index (χ4n) is 3.68. The van der Waals surface area contributed by atoms with Crippen LogP contribution in [0.25, 0.3) is 0 Å². The monoisotopic (exact) mass is 523 g/mol. The third-order valence-electron chi connectivity index (χ3n) is 5.44. The summed E-state index contributed by atoms with van der Waals surface area (Å²) in [6.07, 6.45) is -3.65. The average Bonchev–Trinajstić information content (AvgIpc) is 2.84. The maximum absolute atomic E-state index is 13.2. The molecule has 0 radical (unpaired) electrons. The van der Waals surface area contributed by atoms with Crippen LogP contribution in [0.1, 0.15) is 38.3 Å². The van der Waals surface area contributed by atoms with E-state index >= 15 is 0 Å². The topological polar surface area (TPSA) is 138 Å². The van der Waals surface area contributed by atoms with Gasteiger partial charge in [0.05, 0.1) is 25.4 Å². The van der Waals surface area contributed by atoms with Crippen molar-refractivity contribution < 1.29 is 27.4 Å². The SMILES string of the molecule is C.CCOc1nc(N)nc(N[C@@H](CCCN2CCOCC2)C(=O)Nc2cccc(C(F)(F)F)c2)c1C#N. The van der Waals surface area contributed by atoms with E-state index in [1.54, 1.807) is 6.92 Å². The van der Waals surface area contributed by atoms with Crippen LogP contribution in [-0.2, 0) is 15.7 Å². The molecule has 0 unspecified atom stereocenters. The minimum Gasteiger partial charge on any atom is -0.477 e. The van der Waals surface area contributed by atoms with Gasteiger partial charge in [0.25, 0.3) is 0 Å². The molecule has 4 N–H and O–H groups in total. The first-order valence-electron chi connectivity index (χ1n) is 11.5. The predicted octanol–water partition coefficient (Wildman–Crippen LogP) is 3.52. The Balaban J connectivity index is 0.00000481. The highest BCUT2D eigenvalue weighted by Gasteiger charge is 2.31. The summed E-state index contributed by atoms with van der Waals surface area (Å²) < 4.78 is 50.0. The lowest BCUT2D eigenvalue weighted by Gasteiger charge is -2.27. The molecule has 1 saturated heterocycles. The minimum absolute atomic E-state index is 0. The smallest absolute Gasteiger partial charge is 0.416 e. The van der Waals surface area contributed by atoms with E-state index in [-0.39, 0.29) is 42.9 Å². The van der Waals surface area contributed by atoms with Crippen molar-refractivity contribution in [2.45, 2.75) is 39.4 Å². The number of nitrogens with two attached hydrogens (primary N) is 1.